The Morgan fingerprint density at radius 1 is 1.22 bits per heavy atom. The van der Waals surface area contributed by atoms with Crippen molar-refractivity contribution in [2.45, 2.75) is 19.1 Å². The first-order valence-corrected chi connectivity index (χ1v) is 6.21. The summed E-state index contributed by atoms with van der Waals surface area (Å²) in [5.41, 5.74) is 10.6. The number of hydrogen-bond acceptors (Lipinski definition) is 4. The van der Waals surface area contributed by atoms with E-state index >= 15 is 0 Å². The number of primary amides is 2. The third-order valence-corrected chi connectivity index (χ3v) is 3.22. The zero-order valence-electron chi connectivity index (χ0n) is 9.68. The molecule has 0 spiro atoms. The summed E-state index contributed by atoms with van der Waals surface area (Å²) in [5, 5.41) is 0. The first-order chi connectivity index (χ1) is 8.41. The van der Waals surface area contributed by atoms with Gasteiger partial charge in [0.1, 0.15) is 0 Å². The highest BCUT2D eigenvalue weighted by Gasteiger charge is 2.39. The van der Waals surface area contributed by atoms with Gasteiger partial charge in [0, 0.05) is 15.6 Å². The molecule has 0 bridgehead atoms. The monoisotopic (exact) mass is 364 g/mol. The lowest BCUT2D eigenvalue weighted by Gasteiger charge is -2.31. The van der Waals surface area contributed by atoms with Crippen molar-refractivity contribution in [3.8, 4) is 0 Å². The highest BCUT2D eigenvalue weighted by molar-refractivity contribution is 14.1. The SMILES string of the molecule is CCC(OC(N)=O)(OC(N)=O)c1ccccc1I. The second-order valence-electron chi connectivity index (χ2n) is 3.43. The third-order valence-electron chi connectivity index (χ3n) is 2.28. The first kappa shape index (κ1) is 14.6. The number of amides is 2. The van der Waals surface area contributed by atoms with Crippen LogP contribution >= 0.6 is 22.6 Å². The fraction of sp³-hybridized carbons (Fsp3) is 0.273. The molecule has 4 N–H and O–H groups in total. The lowest BCUT2D eigenvalue weighted by atomic mass is 10.0. The van der Waals surface area contributed by atoms with Crippen LogP contribution in [-0.4, -0.2) is 12.2 Å². The van der Waals surface area contributed by atoms with E-state index in [0.717, 1.165) is 3.57 Å². The minimum atomic E-state index is -1.59. The third kappa shape index (κ3) is 3.25. The van der Waals surface area contributed by atoms with E-state index in [9.17, 15) is 9.59 Å². The second kappa shape index (κ2) is 5.89. The summed E-state index contributed by atoms with van der Waals surface area (Å²) in [6.07, 6.45) is -1.89. The summed E-state index contributed by atoms with van der Waals surface area (Å²) in [6, 6.07) is 7.00. The molecule has 0 unspecified atom stereocenters. The van der Waals surface area contributed by atoms with E-state index in [1.165, 1.54) is 0 Å². The molecule has 0 saturated heterocycles. The van der Waals surface area contributed by atoms with E-state index in [4.69, 9.17) is 20.9 Å². The number of hydrogen-bond donors (Lipinski definition) is 2. The van der Waals surface area contributed by atoms with Crippen molar-refractivity contribution < 1.29 is 19.1 Å². The summed E-state index contributed by atoms with van der Waals surface area (Å²) >= 11 is 2.04. The molecule has 0 heterocycles. The molecule has 0 atom stereocenters. The largest absolute Gasteiger partial charge is 0.408 e. The Kier molecular flexibility index (Phi) is 4.76. The topological polar surface area (TPSA) is 105 Å². The zero-order valence-corrected chi connectivity index (χ0v) is 11.8. The van der Waals surface area contributed by atoms with Crippen molar-refractivity contribution in [1.82, 2.24) is 0 Å². The van der Waals surface area contributed by atoms with Gasteiger partial charge >= 0.3 is 12.2 Å². The van der Waals surface area contributed by atoms with E-state index in [2.05, 4.69) is 0 Å². The summed E-state index contributed by atoms with van der Waals surface area (Å²) < 4.78 is 10.7. The molecular formula is C11H13IN2O4. The Balaban J connectivity index is 3.29. The number of halogens is 1. The number of ether oxygens (including phenoxy) is 2. The maximum Gasteiger partial charge on any atom is 0.408 e. The fourth-order valence-corrected chi connectivity index (χ4v) is 2.36. The van der Waals surface area contributed by atoms with Gasteiger partial charge < -0.3 is 20.9 Å². The lowest BCUT2D eigenvalue weighted by molar-refractivity contribution is -0.169. The van der Waals surface area contributed by atoms with E-state index < -0.39 is 18.0 Å². The second-order valence-corrected chi connectivity index (χ2v) is 4.59. The molecule has 1 aromatic carbocycles. The van der Waals surface area contributed by atoms with Crippen LogP contribution in [0.3, 0.4) is 0 Å². The standard InChI is InChI=1S/C11H13IN2O4/c1-2-11(17-9(13)15,18-10(14)16)7-5-3-4-6-8(7)12/h3-6H,2H2,1H3,(H2,13,15)(H2,14,16). The first-order valence-electron chi connectivity index (χ1n) is 5.13. The Labute approximate surface area is 118 Å². The van der Waals surface area contributed by atoms with E-state index in [0.29, 0.717) is 5.56 Å². The quantitative estimate of drug-likeness (QED) is 0.630. The predicted octanol–water partition coefficient (Wildman–Crippen LogP) is 2.04. The molecule has 0 saturated carbocycles. The molecule has 0 fully saturated rings. The van der Waals surface area contributed by atoms with Crippen molar-refractivity contribution in [1.29, 1.82) is 0 Å². The van der Waals surface area contributed by atoms with Gasteiger partial charge in [0.05, 0.1) is 0 Å². The zero-order chi connectivity index (χ0) is 13.8. The molecule has 0 aliphatic rings. The van der Waals surface area contributed by atoms with Crippen molar-refractivity contribution in [3.05, 3.63) is 33.4 Å². The summed E-state index contributed by atoms with van der Waals surface area (Å²) in [7, 11) is 0. The van der Waals surface area contributed by atoms with E-state index in [1.807, 2.05) is 22.6 Å². The van der Waals surface area contributed by atoms with Crippen molar-refractivity contribution in [2.75, 3.05) is 0 Å². The molecule has 18 heavy (non-hydrogen) atoms. The molecule has 1 aromatic rings. The molecule has 1 rings (SSSR count). The van der Waals surface area contributed by atoms with Crippen molar-refractivity contribution in [3.63, 3.8) is 0 Å². The molecule has 6 nitrogen and oxygen atoms in total. The van der Waals surface area contributed by atoms with Crippen LogP contribution in [0.15, 0.2) is 24.3 Å². The van der Waals surface area contributed by atoms with Gasteiger partial charge in [-0.15, -0.1) is 0 Å². The molecule has 0 aliphatic heterocycles. The normalized spacial score (nSPS) is 10.8. The highest BCUT2D eigenvalue weighted by Crippen LogP contribution is 2.34. The average molecular weight is 364 g/mol. The van der Waals surface area contributed by atoms with E-state index in [-0.39, 0.29) is 6.42 Å². The number of benzene rings is 1. The van der Waals surface area contributed by atoms with Crippen LogP contribution in [0, 0.1) is 3.57 Å². The Hall–Kier alpha value is -1.51. The fourth-order valence-electron chi connectivity index (χ4n) is 1.56. The molecule has 2 amide bonds. The Morgan fingerprint density at radius 2 is 1.72 bits per heavy atom. The number of nitrogens with two attached hydrogens (primary N) is 2. The van der Waals surface area contributed by atoms with Crippen LogP contribution in [0.1, 0.15) is 18.9 Å². The van der Waals surface area contributed by atoms with Gasteiger partial charge in [-0.05, 0) is 28.7 Å². The molecule has 98 valence electrons. The van der Waals surface area contributed by atoms with Crippen LogP contribution in [0.4, 0.5) is 9.59 Å². The summed E-state index contributed by atoms with van der Waals surface area (Å²) in [4.78, 5) is 22.0. The molecule has 0 aliphatic carbocycles. The van der Waals surface area contributed by atoms with Gasteiger partial charge in [0.15, 0.2) is 0 Å². The van der Waals surface area contributed by atoms with Gasteiger partial charge in [0.2, 0.25) is 0 Å². The maximum absolute atomic E-state index is 11.0. The Bertz CT molecular complexity index is 448. The van der Waals surface area contributed by atoms with Gasteiger partial charge in [-0.25, -0.2) is 9.59 Å². The van der Waals surface area contributed by atoms with Crippen LogP contribution in [-0.2, 0) is 15.3 Å². The smallest absolute Gasteiger partial charge is 0.402 e. The van der Waals surface area contributed by atoms with Gasteiger partial charge in [-0.2, -0.15) is 0 Å². The van der Waals surface area contributed by atoms with Gasteiger partial charge in [-0.3, -0.25) is 0 Å². The van der Waals surface area contributed by atoms with Crippen LogP contribution in [0.2, 0.25) is 0 Å². The predicted molar refractivity (Wildman–Crippen MR) is 72.5 cm³/mol. The van der Waals surface area contributed by atoms with Crippen LogP contribution < -0.4 is 11.5 Å². The number of carbonyl (C=O) groups is 2. The Morgan fingerprint density at radius 3 is 2.11 bits per heavy atom. The lowest BCUT2D eigenvalue weighted by Crippen LogP contribution is -2.40. The number of rotatable bonds is 4. The highest BCUT2D eigenvalue weighted by atomic mass is 127. The molecular weight excluding hydrogens is 351 g/mol. The summed E-state index contributed by atoms with van der Waals surface area (Å²) in [6.45, 7) is 1.69. The van der Waals surface area contributed by atoms with Crippen molar-refractivity contribution in [2.24, 2.45) is 11.5 Å². The van der Waals surface area contributed by atoms with Crippen LogP contribution in [0.5, 0.6) is 0 Å². The summed E-state index contributed by atoms with van der Waals surface area (Å²) in [5.74, 6) is -1.59. The van der Waals surface area contributed by atoms with E-state index in [1.54, 1.807) is 31.2 Å². The molecule has 0 radical (unpaired) electrons. The average Bonchev–Trinajstić information content (AvgIpc) is 2.27. The van der Waals surface area contributed by atoms with Crippen molar-refractivity contribution >= 4 is 34.8 Å². The maximum atomic E-state index is 11.0. The van der Waals surface area contributed by atoms with Gasteiger partial charge in [0.25, 0.3) is 5.79 Å². The molecule has 0 aromatic heterocycles. The van der Waals surface area contributed by atoms with Gasteiger partial charge in [-0.1, -0.05) is 25.1 Å². The number of carbonyl (C=O) groups excluding carboxylic acids is 2. The minimum Gasteiger partial charge on any atom is -0.402 e. The molecule has 7 heteroatoms. The van der Waals surface area contributed by atoms with Crippen LogP contribution in [0.25, 0.3) is 0 Å². The minimum absolute atomic E-state index is 0.193.